The number of ether oxygens (including phenoxy) is 2. The topological polar surface area (TPSA) is 55.8 Å². The van der Waals surface area contributed by atoms with E-state index < -0.39 is 6.37 Å². The van der Waals surface area contributed by atoms with E-state index >= 15 is 0 Å². The zero-order valence-electron chi connectivity index (χ0n) is 22.3. The summed E-state index contributed by atoms with van der Waals surface area (Å²) in [5, 5.41) is 9.77. The molecule has 1 rings (SSSR count). The van der Waals surface area contributed by atoms with Gasteiger partial charge >= 0.3 is 5.97 Å². The summed E-state index contributed by atoms with van der Waals surface area (Å²) in [6.45, 7) is 5.96. The molecular weight excluding hydrogens is 400 g/mol. The molecule has 32 heavy (non-hydrogen) atoms. The minimum Gasteiger partial charge on any atom is -0.508 e. The first kappa shape index (κ1) is 24.4. The maximum absolute atomic E-state index is 12.1. The van der Waals surface area contributed by atoms with Crippen LogP contribution < -0.4 is 9.47 Å². The number of hydrogen-bond donors (Lipinski definition) is 1. The van der Waals surface area contributed by atoms with Gasteiger partial charge in [-0.15, -0.1) is 0 Å². The van der Waals surface area contributed by atoms with Crippen molar-refractivity contribution < 1.29 is 22.1 Å². The van der Waals surface area contributed by atoms with E-state index in [9.17, 15) is 9.90 Å². The highest BCUT2D eigenvalue weighted by Crippen LogP contribution is 2.28. The first-order chi connectivity index (χ1) is 16.2. The van der Waals surface area contributed by atoms with E-state index in [0.717, 1.165) is 51.4 Å². The van der Waals surface area contributed by atoms with E-state index in [1.807, 2.05) is 26.0 Å². The first-order valence-corrected chi connectivity index (χ1v) is 12.3. The summed E-state index contributed by atoms with van der Waals surface area (Å²) in [6.07, 6.45) is 17.6. The van der Waals surface area contributed by atoms with Crippen molar-refractivity contribution in [1.82, 2.24) is 0 Å². The number of benzene rings is 1. The molecule has 1 aromatic carbocycles. The highest BCUT2D eigenvalue weighted by Gasteiger charge is 2.09. The molecule has 1 aromatic rings. The van der Waals surface area contributed by atoms with Crippen LogP contribution in [0, 0.1) is 0 Å². The van der Waals surface area contributed by atoms with Crippen LogP contribution in [-0.4, -0.2) is 17.2 Å². The monoisotopic (exact) mass is 446 g/mol. The number of phenols is 1. The number of hydrogen-bond acceptors (Lipinski definition) is 4. The Morgan fingerprint density at radius 3 is 2.16 bits per heavy atom. The molecule has 0 aliphatic rings. The van der Waals surface area contributed by atoms with Gasteiger partial charge in [0, 0.05) is 27.4 Å². The molecule has 0 saturated heterocycles. The van der Waals surface area contributed by atoms with Gasteiger partial charge in [-0.3, -0.25) is 4.79 Å². The lowest BCUT2D eigenvalue weighted by Gasteiger charge is -2.12. The van der Waals surface area contributed by atoms with Gasteiger partial charge in [-0.1, -0.05) is 69.8 Å². The Labute approximate surface area is 198 Å². The Morgan fingerprint density at radius 2 is 1.50 bits per heavy atom. The normalized spacial score (nSPS) is 13.0. The number of phenolic OH excluding ortho intramolecular Hbond substituents is 1. The number of rotatable bonds is 18. The van der Waals surface area contributed by atoms with Crippen molar-refractivity contribution in [2.24, 2.45) is 0 Å². The predicted molar refractivity (Wildman–Crippen MR) is 133 cm³/mol. The van der Waals surface area contributed by atoms with E-state index in [1.165, 1.54) is 31.4 Å². The molecule has 1 N–H and O–H groups in total. The molecule has 180 valence electrons. The van der Waals surface area contributed by atoms with E-state index in [-0.39, 0.29) is 17.8 Å². The summed E-state index contributed by atoms with van der Waals surface area (Å²) in [5.74, 6) is 0.447. The molecule has 0 aromatic heterocycles. The standard InChI is InChI=1S/C28H44O4/c1-4-5-6-7-8-9-10-11-12-13-14-15-16-17-18-19-20-28(30)32-27-22-25(29)21-26(23-27)31-24(2)3/h9-10,12-13,21-24,29H,4-8,11,14-20H2,1-3H3/b10-9-,13-12-/i11D2. The number of aromatic hydroxyl groups is 1. The number of carbonyl (C=O) groups is 1. The fourth-order valence-electron chi connectivity index (χ4n) is 3.25. The third-order valence-corrected chi connectivity index (χ3v) is 4.87. The minimum absolute atomic E-state index is 0.00139. The van der Waals surface area contributed by atoms with Gasteiger partial charge in [-0.05, 0) is 52.3 Å². The van der Waals surface area contributed by atoms with Gasteiger partial charge in [-0.25, -0.2) is 0 Å². The molecule has 0 amide bonds. The van der Waals surface area contributed by atoms with Crippen LogP contribution in [0.25, 0.3) is 0 Å². The molecule has 0 saturated carbocycles. The average molecular weight is 447 g/mol. The van der Waals surface area contributed by atoms with Crippen LogP contribution in [0.4, 0.5) is 0 Å². The van der Waals surface area contributed by atoms with Crippen molar-refractivity contribution in [3.8, 4) is 17.2 Å². The molecule has 0 aliphatic heterocycles. The number of allylic oxidation sites excluding steroid dienone is 4. The quantitative estimate of drug-likeness (QED) is 0.107. The molecule has 0 unspecified atom stereocenters. The molecule has 0 atom stereocenters. The van der Waals surface area contributed by atoms with Gasteiger partial charge < -0.3 is 14.6 Å². The third kappa shape index (κ3) is 15.6. The second kappa shape index (κ2) is 18.4. The lowest BCUT2D eigenvalue weighted by Crippen LogP contribution is -2.09. The summed E-state index contributed by atoms with van der Waals surface area (Å²) in [6, 6.07) is 4.51. The van der Waals surface area contributed by atoms with Gasteiger partial charge in [0.05, 0.1) is 6.10 Å². The fourth-order valence-corrected chi connectivity index (χ4v) is 3.25. The van der Waals surface area contributed by atoms with E-state index in [1.54, 1.807) is 18.2 Å². The van der Waals surface area contributed by atoms with E-state index in [0.29, 0.717) is 17.9 Å². The summed E-state index contributed by atoms with van der Waals surface area (Å²) < 4.78 is 26.9. The molecule has 0 radical (unpaired) electrons. The Hall–Kier alpha value is -2.23. The minimum atomic E-state index is -1.37. The van der Waals surface area contributed by atoms with Crippen LogP contribution in [0.2, 0.25) is 0 Å². The van der Waals surface area contributed by atoms with Crippen molar-refractivity contribution in [1.29, 1.82) is 0 Å². The third-order valence-electron chi connectivity index (χ3n) is 4.87. The summed E-state index contributed by atoms with van der Waals surface area (Å²) >= 11 is 0. The summed E-state index contributed by atoms with van der Waals surface area (Å²) in [4.78, 5) is 12.1. The fraction of sp³-hybridized carbons (Fsp3) is 0.607. The predicted octanol–water partition coefficient (Wildman–Crippen LogP) is 8.29. The van der Waals surface area contributed by atoms with E-state index in [2.05, 4.69) is 6.92 Å². The van der Waals surface area contributed by atoms with Crippen LogP contribution in [0.1, 0.15) is 107 Å². The second-order valence-electron chi connectivity index (χ2n) is 8.43. The molecule has 0 heterocycles. The van der Waals surface area contributed by atoms with Gasteiger partial charge in [0.1, 0.15) is 17.2 Å². The van der Waals surface area contributed by atoms with Crippen LogP contribution in [0.5, 0.6) is 17.2 Å². The average Bonchev–Trinajstić information content (AvgIpc) is 2.74. The Balaban J connectivity index is 2.15. The van der Waals surface area contributed by atoms with Crippen molar-refractivity contribution >= 4 is 5.97 Å². The van der Waals surface area contributed by atoms with E-state index in [4.69, 9.17) is 12.2 Å². The maximum Gasteiger partial charge on any atom is 0.311 e. The van der Waals surface area contributed by atoms with Gasteiger partial charge in [0.15, 0.2) is 0 Å². The molecule has 4 nitrogen and oxygen atoms in total. The zero-order valence-corrected chi connectivity index (χ0v) is 20.3. The van der Waals surface area contributed by atoms with Crippen molar-refractivity contribution in [3.63, 3.8) is 0 Å². The van der Waals surface area contributed by atoms with Crippen LogP contribution in [0.15, 0.2) is 42.5 Å². The molecule has 0 spiro atoms. The molecule has 4 heteroatoms. The van der Waals surface area contributed by atoms with Gasteiger partial charge in [-0.2, -0.15) is 0 Å². The SMILES string of the molecule is [2H]C([2H])(/C=C\CCCCCC)/C=C\CCCCCCCC(=O)Oc1cc(O)cc(OC(C)C)c1. The van der Waals surface area contributed by atoms with Crippen LogP contribution >= 0.6 is 0 Å². The highest BCUT2D eigenvalue weighted by molar-refractivity contribution is 5.72. The summed E-state index contributed by atoms with van der Waals surface area (Å²) in [7, 11) is 0. The molecule has 0 aliphatic carbocycles. The molecular formula is C28H44O4. The van der Waals surface area contributed by atoms with Crippen molar-refractivity contribution in [2.45, 2.75) is 110 Å². The largest absolute Gasteiger partial charge is 0.508 e. The number of carbonyl (C=O) groups excluding carboxylic acids is 1. The Kier molecular flexibility index (Phi) is 14.0. The van der Waals surface area contributed by atoms with Crippen LogP contribution in [-0.2, 0) is 4.79 Å². The van der Waals surface area contributed by atoms with Crippen LogP contribution in [0.3, 0.4) is 0 Å². The van der Waals surface area contributed by atoms with Gasteiger partial charge in [0.2, 0.25) is 0 Å². The van der Waals surface area contributed by atoms with Gasteiger partial charge in [0.25, 0.3) is 0 Å². The first-order valence-electron chi connectivity index (χ1n) is 13.3. The lowest BCUT2D eigenvalue weighted by molar-refractivity contribution is -0.134. The Morgan fingerprint density at radius 1 is 0.906 bits per heavy atom. The number of esters is 1. The zero-order chi connectivity index (χ0) is 25.2. The van der Waals surface area contributed by atoms with Crippen molar-refractivity contribution in [3.05, 3.63) is 42.5 Å². The maximum atomic E-state index is 12.1. The summed E-state index contributed by atoms with van der Waals surface area (Å²) in [5.41, 5.74) is 0. The second-order valence-corrected chi connectivity index (χ2v) is 8.43. The van der Waals surface area contributed by atoms with Crippen molar-refractivity contribution in [2.75, 3.05) is 0 Å². The highest BCUT2D eigenvalue weighted by atomic mass is 16.5. The molecule has 0 bridgehead atoms. The molecule has 0 fully saturated rings. The number of unbranched alkanes of at least 4 members (excludes halogenated alkanes) is 9. The smallest absolute Gasteiger partial charge is 0.311 e. The Bertz CT molecular complexity index is 757. The lowest BCUT2D eigenvalue weighted by atomic mass is 10.1.